The Morgan fingerprint density at radius 3 is 2.72 bits per heavy atom. The van der Waals surface area contributed by atoms with Gasteiger partial charge in [0.1, 0.15) is 0 Å². The van der Waals surface area contributed by atoms with Crippen LogP contribution in [0.2, 0.25) is 0 Å². The maximum Gasteiger partial charge on any atom is 0.0645 e. The lowest BCUT2D eigenvalue weighted by Gasteiger charge is -2.07. The molecule has 2 N–H and O–H groups in total. The quantitative estimate of drug-likeness (QED) is 0.762. The number of benzene rings is 1. The van der Waals surface area contributed by atoms with Gasteiger partial charge in [0.25, 0.3) is 0 Å². The third kappa shape index (κ3) is 3.68. The van der Waals surface area contributed by atoms with Crippen LogP contribution in [0.3, 0.4) is 0 Å². The molecule has 0 saturated carbocycles. The number of hydrogen-bond donors (Lipinski definition) is 2. The van der Waals surface area contributed by atoms with Gasteiger partial charge in [0.2, 0.25) is 0 Å². The molecular weight excluding hydrogens is 226 g/mol. The topological polar surface area (TPSA) is 50.1 Å². The number of aliphatic hydroxyl groups is 1. The van der Waals surface area contributed by atoms with Crippen LogP contribution in [0.15, 0.2) is 42.7 Å². The van der Waals surface area contributed by atoms with E-state index < -0.39 is 0 Å². The first-order valence-electron chi connectivity index (χ1n) is 6.23. The van der Waals surface area contributed by atoms with Crippen molar-refractivity contribution >= 4 is 0 Å². The van der Waals surface area contributed by atoms with Crippen LogP contribution in [0.25, 0.3) is 5.69 Å². The van der Waals surface area contributed by atoms with Crippen LogP contribution in [0.5, 0.6) is 0 Å². The molecule has 0 radical (unpaired) electrons. The van der Waals surface area contributed by atoms with Gasteiger partial charge < -0.3 is 10.4 Å². The van der Waals surface area contributed by atoms with E-state index in [9.17, 15) is 0 Å². The molecule has 4 heteroatoms. The molecule has 1 heterocycles. The Morgan fingerprint density at radius 2 is 2.11 bits per heavy atom. The normalized spacial score (nSPS) is 12.6. The molecule has 1 atom stereocenters. The lowest BCUT2D eigenvalue weighted by Crippen LogP contribution is -2.18. The highest BCUT2D eigenvalue weighted by atomic mass is 16.3. The molecule has 0 aliphatic rings. The van der Waals surface area contributed by atoms with E-state index in [1.165, 1.54) is 5.56 Å². The van der Waals surface area contributed by atoms with Crippen molar-refractivity contribution in [1.29, 1.82) is 0 Å². The fourth-order valence-corrected chi connectivity index (χ4v) is 1.73. The maximum absolute atomic E-state index is 9.14. The number of nitrogens with zero attached hydrogens (tertiary/aromatic N) is 2. The third-order valence-electron chi connectivity index (χ3n) is 2.77. The highest BCUT2D eigenvalue weighted by Gasteiger charge is 1.98. The maximum atomic E-state index is 9.14. The average molecular weight is 245 g/mol. The minimum absolute atomic E-state index is 0.236. The lowest BCUT2D eigenvalue weighted by molar-refractivity contribution is 0.183. The summed E-state index contributed by atoms with van der Waals surface area (Å²) in [5.41, 5.74) is 2.30. The van der Waals surface area contributed by atoms with Crippen molar-refractivity contribution < 1.29 is 5.11 Å². The zero-order valence-corrected chi connectivity index (χ0v) is 10.6. The number of aromatic nitrogens is 2. The molecule has 1 aromatic carbocycles. The summed E-state index contributed by atoms with van der Waals surface area (Å²) in [6, 6.07) is 10.2. The van der Waals surface area contributed by atoms with E-state index in [0.717, 1.165) is 25.2 Å². The van der Waals surface area contributed by atoms with Crippen LogP contribution < -0.4 is 5.32 Å². The highest BCUT2D eigenvalue weighted by molar-refractivity contribution is 5.33. The van der Waals surface area contributed by atoms with Crippen molar-refractivity contribution in [3.63, 3.8) is 0 Å². The van der Waals surface area contributed by atoms with E-state index in [0.29, 0.717) is 0 Å². The molecule has 0 spiro atoms. The van der Waals surface area contributed by atoms with Crippen LogP contribution in [0.1, 0.15) is 18.9 Å². The van der Waals surface area contributed by atoms with Crippen molar-refractivity contribution in [2.24, 2.45) is 0 Å². The van der Waals surface area contributed by atoms with E-state index >= 15 is 0 Å². The predicted molar refractivity (Wildman–Crippen MR) is 71.6 cm³/mol. The third-order valence-corrected chi connectivity index (χ3v) is 2.77. The van der Waals surface area contributed by atoms with Crippen molar-refractivity contribution in [3.8, 4) is 5.69 Å². The summed E-state index contributed by atoms with van der Waals surface area (Å²) in [7, 11) is 0. The van der Waals surface area contributed by atoms with Gasteiger partial charge in [-0.1, -0.05) is 12.1 Å². The standard InChI is InChI=1S/C14H19N3O/c1-12(18)7-9-15-11-13-3-5-14(6-4-13)17-10-2-8-16-17/h2-6,8,10,12,15,18H,7,9,11H2,1H3. The fourth-order valence-electron chi connectivity index (χ4n) is 1.73. The molecule has 0 aliphatic carbocycles. The van der Waals surface area contributed by atoms with Gasteiger partial charge in [0, 0.05) is 18.9 Å². The van der Waals surface area contributed by atoms with Crippen LogP contribution in [0, 0.1) is 0 Å². The summed E-state index contributed by atoms with van der Waals surface area (Å²) >= 11 is 0. The summed E-state index contributed by atoms with van der Waals surface area (Å²) in [5, 5.41) is 16.6. The Kier molecular flexibility index (Phi) is 4.50. The molecule has 4 nitrogen and oxygen atoms in total. The van der Waals surface area contributed by atoms with Gasteiger partial charge in [-0.2, -0.15) is 5.10 Å². The largest absolute Gasteiger partial charge is 0.393 e. The summed E-state index contributed by atoms with van der Waals surface area (Å²) < 4.78 is 1.84. The molecule has 0 saturated heterocycles. The van der Waals surface area contributed by atoms with Crippen molar-refractivity contribution in [3.05, 3.63) is 48.3 Å². The molecule has 96 valence electrons. The molecule has 1 unspecified atom stereocenters. The van der Waals surface area contributed by atoms with E-state index in [-0.39, 0.29) is 6.10 Å². The van der Waals surface area contributed by atoms with E-state index in [4.69, 9.17) is 5.11 Å². The van der Waals surface area contributed by atoms with Crippen LogP contribution >= 0.6 is 0 Å². The van der Waals surface area contributed by atoms with Gasteiger partial charge in [-0.3, -0.25) is 0 Å². The van der Waals surface area contributed by atoms with Crippen molar-refractivity contribution in [2.75, 3.05) is 6.54 Å². The van der Waals surface area contributed by atoms with Gasteiger partial charge in [-0.15, -0.1) is 0 Å². The minimum Gasteiger partial charge on any atom is -0.393 e. The first-order valence-corrected chi connectivity index (χ1v) is 6.23. The second-order valence-electron chi connectivity index (χ2n) is 4.43. The van der Waals surface area contributed by atoms with Gasteiger partial charge in [-0.05, 0) is 43.7 Å². The Balaban J connectivity index is 1.84. The molecule has 0 aliphatic heterocycles. The fraction of sp³-hybridized carbons (Fsp3) is 0.357. The molecule has 0 fully saturated rings. The SMILES string of the molecule is CC(O)CCNCc1ccc(-n2cccn2)cc1. The van der Waals surface area contributed by atoms with Crippen LogP contribution in [0.4, 0.5) is 0 Å². The Hall–Kier alpha value is -1.65. The molecular formula is C14H19N3O. The van der Waals surface area contributed by atoms with Gasteiger partial charge in [0.15, 0.2) is 0 Å². The number of hydrogen-bond acceptors (Lipinski definition) is 3. The van der Waals surface area contributed by atoms with Gasteiger partial charge >= 0.3 is 0 Å². The van der Waals surface area contributed by atoms with Gasteiger partial charge in [-0.25, -0.2) is 4.68 Å². The Morgan fingerprint density at radius 1 is 1.33 bits per heavy atom. The molecule has 2 aromatic rings. The monoisotopic (exact) mass is 245 g/mol. The Bertz CT molecular complexity index is 448. The first-order chi connectivity index (χ1) is 8.75. The summed E-state index contributed by atoms with van der Waals surface area (Å²) in [6.07, 6.45) is 4.24. The molecule has 1 aromatic heterocycles. The number of nitrogens with one attached hydrogen (secondary N) is 1. The zero-order chi connectivity index (χ0) is 12.8. The Labute approximate surface area is 107 Å². The first kappa shape index (κ1) is 12.8. The predicted octanol–water partition coefficient (Wildman–Crippen LogP) is 1.73. The molecule has 18 heavy (non-hydrogen) atoms. The minimum atomic E-state index is -0.236. The molecule has 0 bridgehead atoms. The summed E-state index contributed by atoms with van der Waals surface area (Å²) in [6.45, 7) is 3.46. The van der Waals surface area contributed by atoms with Crippen LogP contribution in [-0.4, -0.2) is 27.5 Å². The zero-order valence-electron chi connectivity index (χ0n) is 10.6. The molecule has 2 rings (SSSR count). The number of rotatable bonds is 6. The van der Waals surface area contributed by atoms with Crippen molar-refractivity contribution in [2.45, 2.75) is 26.0 Å². The number of aliphatic hydroxyl groups excluding tert-OH is 1. The second-order valence-corrected chi connectivity index (χ2v) is 4.43. The second kappa shape index (κ2) is 6.33. The van der Waals surface area contributed by atoms with Gasteiger partial charge in [0.05, 0.1) is 11.8 Å². The average Bonchev–Trinajstić information content (AvgIpc) is 2.89. The van der Waals surface area contributed by atoms with E-state index in [2.05, 4.69) is 34.7 Å². The van der Waals surface area contributed by atoms with Crippen LogP contribution in [-0.2, 0) is 6.54 Å². The molecule has 0 amide bonds. The highest BCUT2D eigenvalue weighted by Crippen LogP contribution is 2.08. The van der Waals surface area contributed by atoms with Crippen molar-refractivity contribution in [1.82, 2.24) is 15.1 Å². The van der Waals surface area contributed by atoms with E-state index in [1.807, 2.05) is 16.9 Å². The summed E-state index contributed by atoms with van der Waals surface area (Å²) in [4.78, 5) is 0. The smallest absolute Gasteiger partial charge is 0.0645 e. The summed E-state index contributed by atoms with van der Waals surface area (Å²) in [5.74, 6) is 0. The lowest BCUT2D eigenvalue weighted by atomic mass is 10.2. The van der Waals surface area contributed by atoms with E-state index in [1.54, 1.807) is 13.1 Å².